The van der Waals surface area contributed by atoms with Crippen LogP contribution in [0.5, 0.6) is 5.75 Å². The van der Waals surface area contributed by atoms with E-state index < -0.39 is 5.97 Å². The topological polar surface area (TPSA) is 71.7 Å². The number of benzene rings is 1. The maximum absolute atomic E-state index is 10.8. The largest absolute Gasteiger partial charge is 0.497 e. The zero-order chi connectivity index (χ0) is 15.2. The van der Waals surface area contributed by atoms with Crippen LogP contribution >= 0.6 is 0 Å². The third-order valence-corrected chi connectivity index (χ3v) is 3.26. The molecule has 1 aromatic heterocycles. The number of rotatable bonds is 7. The van der Waals surface area contributed by atoms with Crippen LogP contribution in [0, 0.1) is 0 Å². The van der Waals surface area contributed by atoms with Gasteiger partial charge in [-0.15, -0.1) is 0 Å². The SMILES string of the molecule is COc1cccc(CCNC(C)c2ccc(C(=O)O)o2)c1. The lowest BCUT2D eigenvalue weighted by Gasteiger charge is -2.11. The molecule has 2 rings (SSSR count). The summed E-state index contributed by atoms with van der Waals surface area (Å²) in [4.78, 5) is 10.8. The van der Waals surface area contributed by atoms with E-state index in [1.165, 1.54) is 11.6 Å². The van der Waals surface area contributed by atoms with Crippen molar-refractivity contribution in [2.45, 2.75) is 19.4 Å². The Morgan fingerprint density at radius 3 is 2.86 bits per heavy atom. The number of nitrogens with one attached hydrogen (secondary N) is 1. The van der Waals surface area contributed by atoms with Crippen LogP contribution in [-0.4, -0.2) is 24.7 Å². The summed E-state index contributed by atoms with van der Waals surface area (Å²) < 4.78 is 10.4. The summed E-state index contributed by atoms with van der Waals surface area (Å²) in [6.45, 7) is 2.70. The van der Waals surface area contributed by atoms with Crippen LogP contribution < -0.4 is 10.1 Å². The Balaban J connectivity index is 1.85. The normalized spacial score (nSPS) is 12.1. The first-order valence-electron chi connectivity index (χ1n) is 6.79. The second-order valence-electron chi connectivity index (χ2n) is 4.78. The third-order valence-electron chi connectivity index (χ3n) is 3.26. The van der Waals surface area contributed by atoms with Gasteiger partial charge in [-0.25, -0.2) is 4.79 Å². The molecular formula is C16H19NO4. The van der Waals surface area contributed by atoms with E-state index in [1.807, 2.05) is 31.2 Å². The van der Waals surface area contributed by atoms with Gasteiger partial charge in [0.2, 0.25) is 5.76 Å². The Morgan fingerprint density at radius 1 is 1.38 bits per heavy atom. The monoisotopic (exact) mass is 289 g/mol. The minimum atomic E-state index is -1.05. The quantitative estimate of drug-likeness (QED) is 0.820. The van der Waals surface area contributed by atoms with Crippen LogP contribution in [0.15, 0.2) is 40.8 Å². The highest BCUT2D eigenvalue weighted by Gasteiger charge is 2.13. The first kappa shape index (κ1) is 15.1. The lowest BCUT2D eigenvalue weighted by Crippen LogP contribution is -2.21. The van der Waals surface area contributed by atoms with Gasteiger partial charge in [0, 0.05) is 0 Å². The molecule has 5 heteroatoms. The highest BCUT2D eigenvalue weighted by molar-refractivity contribution is 5.84. The summed E-state index contributed by atoms with van der Waals surface area (Å²) in [6.07, 6.45) is 0.855. The summed E-state index contributed by atoms with van der Waals surface area (Å²) >= 11 is 0. The molecule has 112 valence electrons. The smallest absolute Gasteiger partial charge is 0.371 e. The van der Waals surface area contributed by atoms with Gasteiger partial charge in [0.15, 0.2) is 0 Å². The van der Waals surface area contributed by atoms with Gasteiger partial charge in [0.1, 0.15) is 11.5 Å². The van der Waals surface area contributed by atoms with Gasteiger partial charge in [-0.2, -0.15) is 0 Å². The zero-order valence-electron chi connectivity index (χ0n) is 12.1. The molecule has 0 spiro atoms. The van der Waals surface area contributed by atoms with Gasteiger partial charge in [-0.05, 0) is 49.7 Å². The van der Waals surface area contributed by atoms with Gasteiger partial charge in [-0.3, -0.25) is 0 Å². The van der Waals surface area contributed by atoms with Gasteiger partial charge < -0.3 is 19.6 Å². The second-order valence-corrected chi connectivity index (χ2v) is 4.78. The number of ether oxygens (including phenoxy) is 1. The van der Waals surface area contributed by atoms with E-state index in [0.717, 1.165) is 18.7 Å². The van der Waals surface area contributed by atoms with E-state index in [2.05, 4.69) is 5.32 Å². The van der Waals surface area contributed by atoms with Crippen LogP contribution in [-0.2, 0) is 6.42 Å². The lowest BCUT2D eigenvalue weighted by molar-refractivity contribution is 0.0659. The van der Waals surface area contributed by atoms with Crippen molar-refractivity contribution in [2.24, 2.45) is 0 Å². The third kappa shape index (κ3) is 4.10. The molecule has 1 atom stereocenters. The lowest BCUT2D eigenvalue weighted by atomic mass is 10.1. The number of carbonyl (C=O) groups is 1. The van der Waals surface area contributed by atoms with E-state index in [0.29, 0.717) is 5.76 Å². The van der Waals surface area contributed by atoms with Crippen molar-refractivity contribution in [1.29, 1.82) is 0 Å². The average molecular weight is 289 g/mol. The van der Waals surface area contributed by atoms with Gasteiger partial charge >= 0.3 is 5.97 Å². The number of carboxylic acid groups (broad SMARTS) is 1. The summed E-state index contributed by atoms with van der Waals surface area (Å²) in [5, 5.41) is 12.1. The molecule has 0 bridgehead atoms. The molecule has 0 radical (unpaired) electrons. The summed E-state index contributed by atoms with van der Waals surface area (Å²) in [5.41, 5.74) is 1.18. The van der Waals surface area contributed by atoms with Gasteiger partial charge in [-0.1, -0.05) is 12.1 Å². The maximum Gasteiger partial charge on any atom is 0.371 e. The first-order valence-corrected chi connectivity index (χ1v) is 6.79. The minimum absolute atomic E-state index is 0.0357. The van der Waals surface area contributed by atoms with Gasteiger partial charge in [0.05, 0.1) is 13.2 Å². The Labute approximate surface area is 123 Å². The van der Waals surface area contributed by atoms with Crippen molar-refractivity contribution in [3.63, 3.8) is 0 Å². The molecule has 2 N–H and O–H groups in total. The average Bonchev–Trinajstić information content (AvgIpc) is 2.97. The van der Waals surface area contributed by atoms with Crippen LogP contribution in [0.2, 0.25) is 0 Å². The van der Waals surface area contributed by atoms with Crippen LogP contribution in [0.4, 0.5) is 0 Å². The van der Waals surface area contributed by atoms with Crippen molar-refractivity contribution >= 4 is 5.97 Å². The van der Waals surface area contributed by atoms with Crippen molar-refractivity contribution in [2.75, 3.05) is 13.7 Å². The predicted molar refractivity (Wildman–Crippen MR) is 78.8 cm³/mol. The predicted octanol–water partition coefficient (Wildman–Crippen LogP) is 2.88. The number of hydrogen-bond acceptors (Lipinski definition) is 4. The molecule has 1 heterocycles. The molecule has 1 unspecified atom stereocenters. The van der Waals surface area contributed by atoms with Crippen molar-refractivity contribution in [3.8, 4) is 5.75 Å². The van der Waals surface area contributed by atoms with Crippen molar-refractivity contribution < 1.29 is 19.1 Å². The molecule has 0 saturated heterocycles. The maximum atomic E-state index is 10.8. The fourth-order valence-electron chi connectivity index (χ4n) is 2.06. The number of carboxylic acids is 1. The highest BCUT2D eigenvalue weighted by Crippen LogP contribution is 2.17. The highest BCUT2D eigenvalue weighted by atomic mass is 16.5. The zero-order valence-corrected chi connectivity index (χ0v) is 12.1. The second kappa shape index (κ2) is 6.95. The molecule has 0 fully saturated rings. The molecule has 2 aromatic rings. The van der Waals surface area contributed by atoms with Gasteiger partial charge in [0.25, 0.3) is 0 Å². The van der Waals surface area contributed by atoms with Crippen LogP contribution in [0.3, 0.4) is 0 Å². The molecule has 0 saturated carbocycles. The Morgan fingerprint density at radius 2 is 2.19 bits per heavy atom. The van der Waals surface area contributed by atoms with E-state index in [-0.39, 0.29) is 11.8 Å². The number of methoxy groups -OCH3 is 1. The van der Waals surface area contributed by atoms with E-state index in [4.69, 9.17) is 14.3 Å². The molecule has 0 aliphatic rings. The van der Waals surface area contributed by atoms with Crippen molar-refractivity contribution in [1.82, 2.24) is 5.32 Å². The van der Waals surface area contributed by atoms with Crippen molar-refractivity contribution in [3.05, 3.63) is 53.5 Å². The molecule has 0 aliphatic carbocycles. The Bertz CT molecular complexity index is 606. The summed E-state index contributed by atoms with van der Waals surface area (Å²) in [6, 6.07) is 11.0. The molecule has 0 aliphatic heterocycles. The minimum Gasteiger partial charge on any atom is -0.497 e. The first-order chi connectivity index (χ1) is 10.1. The molecule has 21 heavy (non-hydrogen) atoms. The number of hydrogen-bond donors (Lipinski definition) is 2. The molecule has 1 aromatic carbocycles. The summed E-state index contributed by atoms with van der Waals surface area (Å²) in [7, 11) is 1.65. The van der Waals surface area contributed by atoms with E-state index >= 15 is 0 Å². The van der Waals surface area contributed by atoms with E-state index in [9.17, 15) is 4.79 Å². The Kier molecular flexibility index (Phi) is 5.00. The fourth-order valence-corrected chi connectivity index (χ4v) is 2.06. The summed E-state index contributed by atoms with van der Waals surface area (Å²) in [5.74, 6) is 0.381. The fraction of sp³-hybridized carbons (Fsp3) is 0.312. The standard InChI is InChI=1S/C16H19NO4/c1-11(14-6-7-15(21-14)16(18)19)17-9-8-12-4-3-5-13(10-12)20-2/h3-7,10-11,17H,8-9H2,1-2H3,(H,18,19). The molecule has 5 nitrogen and oxygen atoms in total. The Hall–Kier alpha value is -2.27. The molecular weight excluding hydrogens is 270 g/mol. The number of aromatic carboxylic acids is 1. The van der Waals surface area contributed by atoms with E-state index in [1.54, 1.807) is 13.2 Å². The van der Waals surface area contributed by atoms with Crippen LogP contribution in [0.25, 0.3) is 0 Å². The number of furan rings is 1. The van der Waals surface area contributed by atoms with Crippen LogP contribution in [0.1, 0.15) is 34.8 Å². The molecule has 0 amide bonds.